The lowest BCUT2D eigenvalue weighted by Crippen LogP contribution is -2.32. The molecule has 0 spiro atoms. The molecule has 1 aliphatic rings. The Morgan fingerprint density at radius 1 is 1.36 bits per heavy atom. The van der Waals surface area contributed by atoms with Gasteiger partial charge in [-0.15, -0.1) is 0 Å². The molecule has 2 aromatic carbocycles. The number of rotatable bonds is 5. The fourth-order valence-corrected chi connectivity index (χ4v) is 3.17. The molecule has 1 fully saturated rings. The van der Waals surface area contributed by atoms with E-state index < -0.39 is 10.7 Å². The maximum Gasteiger partial charge on any atom is 0.276 e. The van der Waals surface area contributed by atoms with Crippen molar-refractivity contribution in [3.63, 3.8) is 0 Å². The molecule has 1 amide bonds. The SMILES string of the molecule is Cc1c(F)cc(C(=O)N(Cc2cccc(Br)c2)C2CC2)cc1[N+](=O)[O-]. The summed E-state index contributed by atoms with van der Waals surface area (Å²) in [6.45, 7) is 1.72. The summed E-state index contributed by atoms with van der Waals surface area (Å²) >= 11 is 3.40. The lowest BCUT2D eigenvalue weighted by molar-refractivity contribution is -0.385. The van der Waals surface area contributed by atoms with Gasteiger partial charge in [0.25, 0.3) is 11.6 Å². The first-order valence-electron chi connectivity index (χ1n) is 7.86. The van der Waals surface area contributed by atoms with Crippen LogP contribution in [0, 0.1) is 22.9 Å². The van der Waals surface area contributed by atoms with Gasteiger partial charge in [-0.1, -0.05) is 28.1 Å². The van der Waals surface area contributed by atoms with Crippen molar-refractivity contribution < 1.29 is 14.1 Å². The monoisotopic (exact) mass is 406 g/mol. The lowest BCUT2D eigenvalue weighted by atomic mass is 10.1. The Bertz CT molecular complexity index is 852. The molecule has 0 unspecified atom stereocenters. The smallest absolute Gasteiger partial charge is 0.276 e. The minimum absolute atomic E-state index is 0.0108. The van der Waals surface area contributed by atoms with Gasteiger partial charge in [0.05, 0.1) is 10.5 Å². The van der Waals surface area contributed by atoms with E-state index in [4.69, 9.17) is 0 Å². The highest BCUT2D eigenvalue weighted by molar-refractivity contribution is 9.10. The quantitative estimate of drug-likeness (QED) is 0.537. The third-order valence-electron chi connectivity index (χ3n) is 4.25. The summed E-state index contributed by atoms with van der Waals surface area (Å²) in [5, 5.41) is 11.1. The molecule has 0 N–H and O–H groups in total. The van der Waals surface area contributed by atoms with Gasteiger partial charge in [-0.2, -0.15) is 0 Å². The molecule has 25 heavy (non-hydrogen) atoms. The van der Waals surface area contributed by atoms with Crippen LogP contribution in [-0.2, 0) is 6.54 Å². The van der Waals surface area contributed by atoms with Crippen LogP contribution in [-0.4, -0.2) is 21.8 Å². The second-order valence-corrected chi connectivity index (χ2v) is 7.07. The molecular weight excluding hydrogens is 391 g/mol. The Kier molecular flexibility index (Phi) is 4.85. The second kappa shape index (κ2) is 6.92. The first-order chi connectivity index (χ1) is 11.9. The number of hydrogen-bond donors (Lipinski definition) is 0. The second-order valence-electron chi connectivity index (χ2n) is 6.15. The molecule has 0 aromatic heterocycles. The van der Waals surface area contributed by atoms with Crippen molar-refractivity contribution >= 4 is 27.5 Å². The molecule has 1 aliphatic carbocycles. The van der Waals surface area contributed by atoms with Crippen LogP contribution in [0.2, 0.25) is 0 Å². The molecular formula is C18H16BrFN2O3. The van der Waals surface area contributed by atoms with Gasteiger partial charge < -0.3 is 4.90 Å². The average Bonchev–Trinajstić information content (AvgIpc) is 3.39. The molecule has 5 nitrogen and oxygen atoms in total. The highest BCUT2D eigenvalue weighted by Gasteiger charge is 2.34. The predicted octanol–water partition coefficient (Wildman–Crippen LogP) is 4.61. The van der Waals surface area contributed by atoms with Crippen molar-refractivity contribution in [3.8, 4) is 0 Å². The van der Waals surface area contributed by atoms with Gasteiger partial charge in [0.15, 0.2) is 0 Å². The van der Waals surface area contributed by atoms with Gasteiger partial charge >= 0.3 is 0 Å². The highest BCUT2D eigenvalue weighted by atomic mass is 79.9. The molecule has 0 saturated heterocycles. The minimum atomic E-state index is -0.740. The zero-order valence-electron chi connectivity index (χ0n) is 13.5. The van der Waals surface area contributed by atoms with E-state index in [0.717, 1.165) is 35.0 Å². The molecule has 0 bridgehead atoms. The highest BCUT2D eigenvalue weighted by Crippen LogP contribution is 2.31. The Morgan fingerprint density at radius 2 is 2.08 bits per heavy atom. The summed E-state index contributed by atoms with van der Waals surface area (Å²) in [4.78, 5) is 25.0. The molecule has 0 atom stereocenters. The van der Waals surface area contributed by atoms with Crippen LogP contribution in [0.5, 0.6) is 0 Å². The van der Waals surface area contributed by atoms with Crippen LogP contribution in [0.15, 0.2) is 40.9 Å². The van der Waals surface area contributed by atoms with Crippen molar-refractivity contribution in [2.45, 2.75) is 32.4 Å². The van der Waals surface area contributed by atoms with Crippen molar-refractivity contribution in [2.24, 2.45) is 0 Å². The molecule has 3 rings (SSSR count). The number of amides is 1. The van der Waals surface area contributed by atoms with Gasteiger partial charge in [-0.05, 0) is 43.5 Å². The van der Waals surface area contributed by atoms with E-state index in [0.29, 0.717) is 6.54 Å². The number of carbonyl (C=O) groups excluding carboxylic acids is 1. The van der Waals surface area contributed by atoms with E-state index in [1.807, 2.05) is 24.3 Å². The van der Waals surface area contributed by atoms with Crippen LogP contribution in [0.25, 0.3) is 0 Å². The van der Waals surface area contributed by atoms with E-state index in [1.54, 1.807) is 4.90 Å². The Morgan fingerprint density at radius 3 is 2.68 bits per heavy atom. The number of nitrogens with zero attached hydrogens (tertiary/aromatic N) is 2. The molecule has 130 valence electrons. The number of benzene rings is 2. The largest absolute Gasteiger partial charge is 0.331 e. The summed E-state index contributed by atoms with van der Waals surface area (Å²) in [6.07, 6.45) is 1.77. The molecule has 0 radical (unpaired) electrons. The normalized spacial score (nSPS) is 13.6. The van der Waals surface area contributed by atoms with Crippen molar-refractivity contribution in [3.05, 3.63) is 73.5 Å². The van der Waals surface area contributed by atoms with E-state index in [9.17, 15) is 19.3 Å². The Hall–Kier alpha value is -2.28. The van der Waals surface area contributed by atoms with Gasteiger partial charge in [-0.25, -0.2) is 4.39 Å². The van der Waals surface area contributed by atoms with E-state index in [-0.39, 0.29) is 28.8 Å². The van der Waals surface area contributed by atoms with Crippen molar-refractivity contribution in [1.29, 1.82) is 0 Å². The van der Waals surface area contributed by atoms with Gasteiger partial charge in [-0.3, -0.25) is 14.9 Å². The summed E-state index contributed by atoms with van der Waals surface area (Å²) in [6, 6.07) is 9.94. The zero-order valence-corrected chi connectivity index (χ0v) is 15.1. The van der Waals surface area contributed by atoms with Gasteiger partial charge in [0.2, 0.25) is 0 Å². The first-order valence-corrected chi connectivity index (χ1v) is 8.66. The summed E-state index contributed by atoms with van der Waals surface area (Å²) in [5.74, 6) is -1.12. The summed E-state index contributed by atoms with van der Waals surface area (Å²) in [5.41, 5.74) is 0.515. The predicted molar refractivity (Wildman–Crippen MR) is 94.8 cm³/mol. The van der Waals surface area contributed by atoms with E-state index >= 15 is 0 Å². The summed E-state index contributed by atoms with van der Waals surface area (Å²) in [7, 11) is 0. The molecule has 0 heterocycles. The van der Waals surface area contributed by atoms with Crippen LogP contribution in [0.4, 0.5) is 10.1 Å². The molecule has 0 aliphatic heterocycles. The summed E-state index contributed by atoms with van der Waals surface area (Å²) < 4.78 is 14.9. The zero-order chi connectivity index (χ0) is 18.1. The molecule has 1 saturated carbocycles. The van der Waals surface area contributed by atoms with Crippen LogP contribution < -0.4 is 0 Å². The van der Waals surface area contributed by atoms with E-state index in [1.165, 1.54) is 6.92 Å². The maximum absolute atomic E-state index is 14.0. The fraction of sp³-hybridized carbons (Fsp3) is 0.278. The standard InChI is InChI=1S/C18H16BrFN2O3/c1-11-16(20)8-13(9-17(11)22(24)25)18(23)21(15-5-6-15)10-12-3-2-4-14(19)7-12/h2-4,7-9,15H,5-6,10H2,1H3. The Labute approximate surface area is 152 Å². The lowest BCUT2D eigenvalue weighted by Gasteiger charge is -2.23. The molecule has 2 aromatic rings. The number of nitro groups is 1. The Balaban J connectivity index is 1.92. The van der Waals surface area contributed by atoms with Crippen molar-refractivity contribution in [1.82, 2.24) is 4.90 Å². The van der Waals surface area contributed by atoms with Crippen molar-refractivity contribution in [2.75, 3.05) is 0 Å². The van der Waals surface area contributed by atoms with Gasteiger partial charge in [0.1, 0.15) is 5.82 Å². The number of halogens is 2. The maximum atomic E-state index is 14.0. The number of nitro benzene ring substituents is 1. The number of carbonyl (C=O) groups is 1. The fourth-order valence-electron chi connectivity index (χ4n) is 2.73. The van der Waals surface area contributed by atoms with Gasteiger partial charge in [0, 0.05) is 28.7 Å². The third-order valence-corrected chi connectivity index (χ3v) is 4.74. The first kappa shape index (κ1) is 17.5. The minimum Gasteiger partial charge on any atom is -0.331 e. The average molecular weight is 407 g/mol. The third kappa shape index (κ3) is 3.87. The van der Waals surface area contributed by atoms with Crippen LogP contribution >= 0.6 is 15.9 Å². The molecule has 7 heteroatoms. The number of hydrogen-bond acceptors (Lipinski definition) is 3. The topological polar surface area (TPSA) is 63.5 Å². The van der Waals surface area contributed by atoms with E-state index in [2.05, 4.69) is 15.9 Å². The van der Waals surface area contributed by atoms with Crippen LogP contribution in [0.3, 0.4) is 0 Å². The van der Waals surface area contributed by atoms with Crippen LogP contribution in [0.1, 0.15) is 34.3 Å².